The van der Waals surface area contributed by atoms with E-state index in [2.05, 4.69) is 4.98 Å². The van der Waals surface area contributed by atoms with Crippen LogP contribution in [0.3, 0.4) is 0 Å². The summed E-state index contributed by atoms with van der Waals surface area (Å²) >= 11 is 0. The zero-order valence-corrected chi connectivity index (χ0v) is 4.76. The number of rotatable bonds is 1. The monoisotopic (exact) mass is 125 g/mol. The lowest BCUT2D eigenvalue weighted by Gasteiger charge is -1.91. The van der Waals surface area contributed by atoms with Crippen LogP contribution in [0.4, 0.5) is 4.39 Å². The first-order valence-corrected chi connectivity index (χ1v) is 2.58. The largest absolute Gasteiger partial charge is 0.253 e. The predicted octanol–water partition coefficient (Wildman–Crippen LogP) is 1.00. The summed E-state index contributed by atoms with van der Waals surface area (Å²) in [6, 6.07) is 2.88. The molecule has 1 aromatic heterocycles. The van der Waals surface area contributed by atoms with Crippen LogP contribution in [-0.4, -0.2) is 4.98 Å². The highest BCUT2D eigenvalue weighted by atomic mass is 19.1. The highest BCUT2D eigenvalue weighted by Crippen LogP contribution is 1.97. The van der Waals surface area contributed by atoms with Crippen molar-refractivity contribution < 1.29 is 4.39 Å². The summed E-state index contributed by atoms with van der Waals surface area (Å²) in [4.78, 5) is 3.34. The number of hydrogen-bond acceptors (Lipinski definition) is 1. The van der Waals surface area contributed by atoms with Gasteiger partial charge in [-0.2, -0.15) is 4.39 Å². The number of hydrogen-bond donors (Lipinski definition) is 0. The number of nitrogens with zero attached hydrogens (tertiary/aromatic N) is 1. The van der Waals surface area contributed by atoms with E-state index in [-0.39, 0.29) is 6.54 Å². The third-order valence-electron chi connectivity index (χ3n) is 0.995. The molecule has 9 heavy (non-hydrogen) atoms. The molecule has 0 saturated carbocycles. The van der Waals surface area contributed by atoms with Crippen molar-refractivity contribution in [3.8, 4) is 0 Å². The minimum Gasteiger partial charge on any atom is -0.253 e. The Balaban J connectivity index is 2.94. The smallest absolute Gasteiger partial charge is 0.213 e. The van der Waals surface area contributed by atoms with Crippen LogP contribution in [-0.2, 0) is 6.54 Å². The first kappa shape index (κ1) is 6.16. The standard InChI is InChI=1S/C6H6FN2/c7-6-3-5(4-8)1-2-9-6/h1-3,8H,4H2. The van der Waals surface area contributed by atoms with Gasteiger partial charge in [-0.1, -0.05) is 0 Å². The lowest BCUT2D eigenvalue weighted by Crippen LogP contribution is -1.87. The molecule has 0 spiro atoms. The minimum atomic E-state index is -0.514. The maximum atomic E-state index is 12.2. The molecule has 0 aromatic carbocycles. The molecular formula is C6H6FN2. The Hall–Kier alpha value is -0.960. The Morgan fingerprint density at radius 1 is 1.67 bits per heavy atom. The molecule has 0 atom stereocenters. The fraction of sp³-hybridized carbons (Fsp3) is 0.167. The third kappa shape index (κ3) is 1.47. The minimum absolute atomic E-state index is 0.111. The van der Waals surface area contributed by atoms with Gasteiger partial charge < -0.3 is 0 Å². The van der Waals surface area contributed by atoms with Crippen LogP contribution in [0.2, 0.25) is 0 Å². The van der Waals surface area contributed by atoms with Gasteiger partial charge in [0, 0.05) is 12.7 Å². The van der Waals surface area contributed by atoms with Crippen molar-refractivity contribution in [2.24, 2.45) is 0 Å². The molecule has 0 bridgehead atoms. The molecule has 1 rings (SSSR count). The summed E-state index contributed by atoms with van der Waals surface area (Å²) in [5.41, 5.74) is 7.50. The molecule has 0 amide bonds. The molecule has 0 aliphatic carbocycles. The van der Waals surface area contributed by atoms with Gasteiger partial charge in [0.05, 0.1) is 0 Å². The molecule has 1 N–H and O–H groups in total. The maximum Gasteiger partial charge on any atom is 0.213 e. The van der Waals surface area contributed by atoms with Crippen LogP contribution in [0.15, 0.2) is 18.3 Å². The van der Waals surface area contributed by atoms with E-state index in [1.165, 1.54) is 12.3 Å². The van der Waals surface area contributed by atoms with Gasteiger partial charge >= 0.3 is 0 Å². The summed E-state index contributed by atoms with van der Waals surface area (Å²) in [6.07, 6.45) is 1.36. The average molecular weight is 125 g/mol. The van der Waals surface area contributed by atoms with Crippen LogP contribution >= 0.6 is 0 Å². The van der Waals surface area contributed by atoms with Crippen molar-refractivity contribution >= 4 is 0 Å². The fourth-order valence-corrected chi connectivity index (χ4v) is 0.553. The number of nitrogens with one attached hydrogen (secondary N) is 1. The Kier molecular flexibility index (Phi) is 1.75. The summed E-state index contributed by atoms with van der Waals surface area (Å²) < 4.78 is 12.2. The van der Waals surface area contributed by atoms with E-state index in [4.69, 9.17) is 5.73 Å². The molecule has 0 fully saturated rings. The fourth-order valence-electron chi connectivity index (χ4n) is 0.553. The highest BCUT2D eigenvalue weighted by molar-refractivity contribution is 5.09. The highest BCUT2D eigenvalue weighted by Gasteiger charge is 1.90. The van der Waals surface area contributed by atoms with Gasteiger partial charge in [0.1, 0.15) is 0 Å². The molecular weight excluding hydrogens is 119 g/mol. The van der Waals surface area contributed by atoms with Crippen molar-refractivity contribution in [1.82, 2.24) is 10.7 Å². The molecule has 3 heteroatoms. The van der Waals surface area contributed by atoms with Crippen LogP contribution in [0.1, 0.15) is 5.56 Å². The normalized spacial score (nSPS) is 9.56. The lowest BCUT2D eigenvalue weighted by molar-refractivity contribution is 0.581. The molecule has 1 aromatic rings. The second-order valence-corrected chi connectivity index (χ2v) is 1.66. The van der Waals surface area contributed by atoms with Crippen molar-refractivity contribution in [3.63, 3.8) is 0 Å². The van der Waals surface area contributed by atoms with Crippen LogP contribution in [0, 0.1) is 5.95 Å². The molecule has 0 aliphatic rings. The van der Waals surface area contributed by atoms with Crippen molar-refractivity contribution in [2.45, 2.75) is 6.54 Å². The zero-order valence-electron chi connectivity index (χ0n) is 4.76. The summed E-state index contributed by atoms with van der Waals surface area (Å²) in [5, 5.41) is 0. The van der Waals surface area contributed by atoms with E-state index in [1.807, 2.05) is 0 Å². The number of pyridine rings is 1. The molecule has 1 heterocycles. The SMILES string of the molecule is [NH]Cc1ccnc(F)c1. The van der Waals surface area contributed by atoms with Crippen LogP contribution in [0.5, 0.6) is 0 Å². The number of halogens is 1. The molecule has 0 unspecified atom stereocenters. The first-order valence-electron chi connectivity index (χ1n) is 2.58. The predicted molar refractivity (Wildman–Crippen MR) is 31.0 cm³/mol. The maximum absolute atomic E-state index is 12.2. The molecule has 47 valence electrons. The van der Waals surface area contributed by atoms with Gasteiger partial charge in [-0.15, -0.1) is 0 Å². The molecule has 1 radical (unpaired) electrons. The van der Waals surface area contributed by atoms with E-state index in [9.17, 15) is 4.39 Å². The van der Waals surface area contributed by atoms with Gasteiger partial charge in [0.25, 0.3) is 0 Å². The van der Waals surface area contributed by atoms with Gasteiger partial charge in [0.2, 0.25) is 5.95 Å². The lowest BCUT2D eigenvalue weighted by atomic mass is 10.3. The Bertz CT molecular complexity index is 200. The van der Waals surface area contributed by atoms with E-state index in [0.29, 0.717) is 5.56 Å². The van der Waals surface area contributed by atoms with Crippen LogP contribution < -0.4 is 5.73 Å². The van der Waals surface area contributed by atoms with Crippen molar-refractivity contribution in [2.75, 3.05) is 0 Å². The molecule has 0 aliphatic heterocycles. The quantitative estimate of drug-likeness (QED) is 0.516. The molecule has 0 saturated heterocycles. The van der Waals surface area contributed by atoms with Gasteiger partial charge in [-0.25, -0.2) is 4.98 Å². The second-order valence-electron chi connectivity index (χ2n) is 1.66. The third-order valence-corrected chi connectivity index (χ3v) is 0.995. The van der Waals surface area contributed by atoms with E-state index in [1.54, 1.807) is 6.07 Å². The van der Waals surface area contributed by atoms with E-state index >= 15 is 0 Å². The summed E-state index contributed by atoms with van der Waals surface area (Å²) in [5.74, 6) is -0.514. The van der Waals surface area contributed by atoms with Gasteiger partial charge in [-0.05, 0) is 17.7 Å². The zero-order chi connectivity index (χ0) is 6.69. The van der Waals surface area contributed by atoms with Crippen LogP contribution in [0.25, 0.3) is 0 Å². The number of aromatic nitrogens is 1. The van der Waals surface area contributed by atoms with Gasteiger partial charge in [-0.3, -0.25) is 5.73 Å². The summed E-state index contributed by atoms with van der Waals surface area (Å²) in [7, 11) is 0. The Morgan fingerprint density at radius 3 is 2.89 bits per heavy atom. The second kappa shape index (κ2) is 2.55. The van der Waals surface area contributed by atoms with E-state index in [0.717, 1.165) is 0 Å². The Labute approximate surface area is 52.5 Å². The first-order chi connectivity index (χ1) is 4.33. The van der Waals surface area contributed by atoms with E-state index < -0.39 is 5.95 Å². The topological polar surface area (TPSA) is 36.7 Å². The molecule has 2 nitrogen and oxygen atoms in total. The Morgan fingerprint density at radius 2 is 2.44 bits per heavy atom. The summed E-state index contributed by atoms with van der Waals surface area (Å²) in [6.45, 7) is 0.111. The van der Waals surface area contributed by atoms with Gasteiger partial charge in [0.15, 0.2) is 0 Å². The van der Waals surface area contributed by atoms with Crippen molar-refractivity contribution in [3.05, 3.63) is 29.8 Å². The van der Waals surface area contributed by atoms with Crippen molar-refractivity contribution in [1.29, 1.82) is 0 Å². The average Bonchev–Trinajstić information content (AvgIpc) is 1.88.